The van der Waals surface area contributed by atoms with Crippen LogP contribution in [0.5, 0.6) is 0 Å². The molecular weight excluding hydrogens is 286 g/mol. The van der Waals surface area contributed by atoms with Crippen LogP contribution >= 0.6 is 11.3 Å². The lowest BCUT2D eigenvalue weighted by Gasteiger charge is -2.30. The first-order valence-electron chi connectivity index (χ1n) is 7.06. The van der Waals surface area contributed by atoms with Gasteiger partial charge >= 0.3 is 0 Å². The van der Waals surface area contributed by atoms with Crippen molar-refractivity contribution >= 4 is 17.2 Å². The van der Waals surface area contributed by atoms with Gasteiger partial charge in [-0.1, -0.05) is 0 Å². The normalized spacial score (nSPS) is 22.2. The Balaban J connectivity index is 1.66. The summed E-state index contributed by atoms with van der Waals surface area (Å²) in [5.41, 5.74) is 2.87. The summed E-state index contributed by atoms with van der Waals surface area (Å²) in [5, 5.41) is 7.03. The highest BCUT2D eigenvalue weighted by atomic mass is 32.1. The predicted octanol–water partition coefficient (Wildman–Crippen LogP) is 2.44. The largest absolute Gasteiger partial charge is 0.372 e. The third kappa shape index (κ3) is 3.01. The zero-order valence-electron chi connectivity index (χ0n) is 12.2. The number of hydrogen-bond donors (Lipinski definition) is 1. The topological polar surface area (TPSA) is 56.1 Å². The molecule has 1 aliphatic rings. The molecule has 2 aromatic rings. The van der Waals surface area contributed by atoms with E-state index in [1.807, 2.05) is 35.5 Å². The molecule has 112 valence electrons. The SMILES string of the molecule is Cc1cscc1C(=O)NC1CCOC(c2cncn2C)C1. The summed E-state index contributed by atoms with van der Waals surface area (Å²) in [4.78, 5) is 16.4. The number of carbonyl (C=O) groups excluding carboxylic acids is 1. The van der Waals surface area contributed by atoms with Crippen LogP contribution in [0.1, 0.15) is 40.6 Å². The third-order valence-corrected chi connectivity index (χ3v) is 4.76. The van der Waals surface area contributed by atoms with Gasteiger partial charge in [-0.25, -0.2) is 4.98 Å². The lowest BCUT2D eigenvalue weighted by Crippen LogP contribution is -2.40. The summed E-state index contributed by atoms with van der Waals surface area (Å²) in [7, 11) is 1.96. The molecule has 2 unspecified atom stereocenters. The molecule has 0 aliphatic carbocycles. The molecule has 21 heavy (non-hydrogen) atoms. The number of aryl methyl sites for hydroxylation is 2. The molecule has 1 amide bonds. The monoisotopic (exact) mass is 305 g/mol. The van der Waals surface area contributed by atoms with Gasteiger partial charge in [0.15, 0.2) is 0 Å². The van der Waals surface area contributed by atoms with Crippen molar-refractivity contribution in [2.75, 3.05) is 6.61 Å². The van der Waals surface area contributed by atoms with E-state index in [0.29, 0.717) is 6.61 Å². The van der Waals surface area contributed by atoms with Gasteiger partial charge in [-0.15, -0.1) is 0 Å². The second-order valence-corrected chi connectivity index (χ2v) is 6.20. The minimum atomic E-state index is 0.000113. The minimum absolute atomic E-state index is 0.000113. The first-order valence-corrected chi connectivity index (χ1v) is 8.01. The number of hydrogen-bond acceptors (Lipinski definition) is 4. The predicted molar refractivity (Wildman–Crippen MR) is 81.4 cm³/mol. The van der Waals surface area contributed by atoms with E-state index in [1.165, 1.54) is 0 Å². The van der Waals surface area contributed by atoms with Crippen LogP contribution in [0, 0.1) is 6.92 Å². The van der Waals surface area contributed by atoms with Crippen LogP contribution in [0.3, 0.4) is 0 Å². The van der Waals surface area contributed by atoms with Crippen LogP contribution in [-0.4, -0.2) is 28.1 Å². The zero-order valence-corrected chi connectivity index (χ0v) is 13.0. The van der Waals surface area contributed by atoms with Crippen LogP contribution in [0.2, 0.25) is 0 Å². The maximum atomic E-state index is 12.3. The lowest BCUT2D eigenvalue weighted by atomic mass is 10.0. The van der Waals surface area contributed by atoms with Crippen LogP contribution in [0.15, 0.2) is 23.3 Å². The molecule has 5 nitrogen and oxygen atoms in total. The van der Waals surface area contributed by atoms with Crippen LogP contribution in [-0.2, 0) is 11.8 Å². The molecule has 1 aliphatic heterocycles. The average molecular weight is 305 g/mol. The van der Waals surface area contributed by atoms with Gasteiger partial charge < -0.3 is 14.6 Å². The molecule has 0 spiro atoms. The van der Waals surface area contributed by atoms with Gasteiger partial charge in [-0.2, -0.15) is 11.3 Å². The maximum Gasteiger partial charge on any atom is 0.252 e. The quantitative estimate of drug-likeness (QED) is 0.947. The van der Waals surface area contributed by atoms with Crippen LogP contribution in [0.4, 0.5) is 0 Å². The van der Waals surface area contributed by atoms with Crippen molar-refractivity contribution in [3.63, 3.8) is 0 Å². The molecular formula is C15H19N3O2S. The van der Waals surface area contributed by atoms with Gasteiger partial charge in [-0.3, -0.25) is 4.79 Å². The lowest BCUT2D eigenvalue weighted by molar-refractivity contribution is -0.00301. The van der Waals surface area contributed by atoms with Gasteiger partial charge in [0.2, 0.25) is 0 Å². The first-order chi connectivity index (χ1) is 10.1. The first kappa shape index (κ1) is 14.3. The summed E-state index contributed by atoms with van der Waals surface area (Å²) in [6.07, 6.45) is 5.24. The highest BCUT2D eigenvalue weighted by Crippen LogP contribution is 2.28. The van der Waals surface area contributed by atoms with Gasteiger partial charge in [0.05, 0.1) is 23.8 Å². The standard InChI is InChI=1S/C15H19N3O2S/c1-10-7-21-8-12(10)15(19)17-11-3-4-20-14(5-11)13-6-16-9-18(13)2/h6-9,11,14H,3-5H2,1-2H3,(H,17,19). The Hall–Kier alpha value is -1.66. The average Bonchev–Trinajstić information content (AvgIpc) is 3.07. The fraction of sp³-hybridized carbons (Fsp3) is 0.467. The fourth-order valence-corrected chi connectivity index (χ4v) is 3.50. The number of amides is 1. The van der Waals surface area contributed by atoms with E-state index in [2.05, 4.69) is 10.3 Å². The number of nitrogens with zero attached hydrogens (tertiary/aromatic N) is 2. The van der Waals surface area contributed by atoms with Gasteiger partial charge in [0.1, 0.15) is 6.10 Å². The minimum Gasteiger partial charge on any atom is -0.372 e. The maximum absolute atomic E-state index is 12.3. The highest BCUT2D eigenvalue weighted by Gasteiger charge is 2.27. The molecule has 6 heteroatoms. The highest BCUT2D eigenvalue weighted by molar-refractivity contribution is 7.08. The molecule has 0 bridgehead atoms. The summed E-state index contributed by atoms with van der Waals surface area (Å²) in [6.45, 7) is 2.62. The molecule has 2 aromatic heterocycles. The van der Waals surface area contributed by atoms with Crippen LogP contribution < -0.4 is 5.32 Å². The van der Waals surface area contributed by atoms with Crippen molar-refractivity contribution in [1.82, 2.24) is 14.9 Å². The molecule has 1 saturated heterocycles. The smallest absolute Gasteiger partial charge is 0.252 e. The van der Waals surface area contributed by atoms with Gasteiger partial charge in [-0.05, 0) is 30.7 Å². The Labute approximate surface area is 128 Å². The summed E-state index contributed by atoms with van der Waals surface area (Å²) >= 11 is 1.56. The van der Waals surface area contributed by atoms with E-state index in [4.69, 9.17) is 4.74 Å². The van der Waals surface area contributed by atoms with Crippen molar-refractivity contribution in [2.24, 2.45) is 7.05 Å². The second-order valence-electron chi connectivity index (χ2n) is 5.45. The molecule has 1 fully saturated rings. The summed E-state index contributed by atoms with van der Waals surface area (Å²) in [6, 6.07) is 0.144. The van der Waals surface area contributed by atoms with Crippen molar-refractivity contribution < 1.29 is 9.53 Å². The Kier molecular flexibility index (Phi) is 4.07. The Morgan fingerprint density at radius 1 is 1.52 bits per heavy atom. The van der Waals surface area contributed by atoms with Crippen LogP contribution in [0.25, 0.3) is 0 Å². The fourth-order valence-electron chi connectivity index (χ4n) is 2.67. The second kappa shape index (κ2) is 5.99. The Morgan fingerprint density at radius 3 is 3.05 bits per heavy atom. The Bertz CT molecular complexity index is 634. The molecule has 1 N–H and O–H groups in total. The van der Waals surface area contributed by atoms with E-state index in [1.54, 1.807) is 17.7 Å². The Morgan fingerprint density at radius 2 is 2.38 bits per heavy atom. The molecule has 3 heterocycles. The summed E-state index contributed by atoms with van der Waals surface area (Å²) in [5.74, 6) is 0.0180. The van der Waals surface area contributed by atoms with E-state index in [-0.39, 0.29) is 18.1 Å². The molecule has 0 radical (unpaired) electrons. The number of aromatic nitrogens is 2. The van der Waals surface area contributed by atoms with Crippen molar-refractivity contribution in [3.05, 3.63) is 40.1 Å². The van der Waals surface area contributed by atoms with Gasteiger partial charge in [0, 0.05) is 25.1 Å². The van der Waals surface area contributed by atoms with Crippen molar-refractivity contribution in [3.8, 4) is 0 Å². The number of thiophene rings is 1. The van der Waals surface area contributed by atoms with Gasteiger partial charge in [0.25, 0.3) is 5.91 Å². The number of nitrogens with one attached hydrogen (secondary N) is 1. The zero-order chi connectivity index (χ0) is 14.8. The van der Waals surface area contributed by atoms with Crippen molar-refractivity contribution in [2.45, 2.75) is 31.9 Å². The number of ether oxygens (including phenoxy) is 1. The number of carbonyl (C=O) groups is 1. The molecule has 0 saturated carbocycles. The number of rotatable bonds is 3. The number of imidazole rings is 1. The molecule has 3 rings (SSSR count). The van der Waals surface area contributed by atoms with Crippen molar-refractivity contribution in [1.29, 1.82) is 0 Å². The van der Waals surface area contributed by atoms with E-state index in [0.717, 1.165) is 29.7 Å². The third-order valence-electron chi connectivity index (χ3n) is 3.90. The molecule has 0 aromatic carbocycles. The summed E-state index contributed by atoms with van der Waals surface area (Å²) < 4.78 is 7.79. The van der Waals surface area contributed by atoms with E-state index in [9.17, 15) is 4.79 Å². The molecule has 2 atom stereocenters. The van der Waals surface area contributed by atoms with E-state index < -0.39 is 0 Å². The van der Waals surface area contributed by atoms with E-state index >= 15 is 0 Å².